The van der Waals surface area contributed by atoms with Crippen LogP contribution in [-0.2, 0) is 14.3 Å². The number of carbonyl (C=O) groups is 2. The summed E-state index contributed by atoms with van der Waals surface area (Å²) in [5, 5.41) is 12.0. The van der Waals surface area contributed by atoms with E-state index in [1.54, 1.807) is 27.2 Å². The molecule has 0 radical (unpaired) electrons. The number of pyridine rings is 4. The molecule has 0 atom stereocenters. The van der Waals surface area contributed by atoms with E-state index in [2.05, 4.69) is 40.2 Å². The molecule has 0 aliphatic carbocycles. The Bertz CT molecular complexity index is 2950. The predicted molar refractivity (Wildman–Crippen MR) is 254 cm³/mol. The predicted octanol–water partition coefficient (Wildman–Crippen LogP) is 8.13. The van der Waals surface area contributed by atoms with Gasteiger partial charge in [-0.05, 0) is 129 Å². The Morgan fingerprint density at radius 3 is 1.61 bits per heavy atom. The summed E-state index contributed by atoms with van der Waals surface area (Å²) in [5.74, 6) is 2.40. The van der Waals surface area contributed by atoms with E-state index in [1.807, 2.05) is 108 Å². The number of hydrogen-bond acceptors (Lipinski definition) is 13. The van der Waals surface area contributed by atoms with Crippen LogP contribution in [0.25, 0.3) is 56.6 Å². The Labute approximate surface area is 389 Å². The van der Waals surface area contributed by atoms with Gasteiger partial charge < -0.3 is 29.7 Å². The molecule has 67 heavy (non-hydrogen) atoms. The highest BCUT2D eigenvalue weighted by atomic mass is 16.6. The summed E-state index contributed by atoms with van der Waals surface area (Å²) >= 11 is 0. The van der Waals surface area contributed by atoms with Crippen molar-refractivity contribution >= 4 is 23.4 Å². The number of ether oxygens (including phenoxy) is 2. The molecule has 2 fully saturated rings. The van der Waals surface area contributed by atoms with Crippen LogP contribution >= 0.6 is 0 Å². The maximum atomic E-state index is 12.5. The molecule has 348 valence electrons. The second kappa shape index (κ2) is 20.4. The molecule has 1 amide bonds. The van der Waals surface area contributed by atoms with Crippen molar-refractivity contribution in [1.29, 1.82) is 0 Å². The molecule has 10 heterocycles. The summed E-state index contributed by atoms with van der Waals surface area (Å²) in [5.41, 5.74) is 10.3. The fraction of sp³-hybridized carbons (Fsp3) is 0.388. The van der Waals surface area contributed by atoms with Gasteiger partial charge in [0.05, 0.1) is 40.8 Å². The molecule has 2 aliphatic heterocycles. The topological polar surface area (TPSA) is 211 Å². The molecule has 0 saturated carbocycles. The molecule has 0 unspecified atom stereocenters. The molecule has 2 aliphatic rings. The lowest BCUT2D eigenvalue weighted by molar-refractivity contribution is -0.140. The first-order valence-corrected chi connectivity index (χ1v) is 22.8. The first-order chi connectivity index (χ1) is 32.3. The molecule has 18 nitrogen and oxygen atoms in total. The molecule has 0 spiro atoms. The van der Waals surface area contributed by atoms with Crippen molar-refractivity contribution in [2.75, 3.05) is 32.8 Å². The van der Waals surface area contributed by atoms with Gasteiger partial charge in [0.25, 0.3) is 0 Å². The molecule has 2 saturated heterocycles. The Balaban J connectivity index is 0.000000165. The summed E-state index contributed by atoms with van der Waals surface area (Å²) in [6.07, 6.45) is 10.6. The minimum atomic E-state index is -0.495. The molecule has 8 aromatic heterocycles. The lowest BCUT2D eigenvalue weighted by Crippen LogP contribution is -2.41. The van der Waals surface area contributed by atoms with Gasteiger partial charge >= 0.3 is 12.1 Å². The number of aromatic amines is 2. The number of aryl methyl sites for hydroxylation is 2. The number of rotatable bonds is 7. The highest BCUT2D eigenvalue weighted by Gasteiger charge is 2.30. The van der Waals surface area contributed by atoms with Crippen molar-refractivity contribution in [3.63, 3.8) is 0 Å². The van der Waals surface area contributed by atoms with Gasteiger partial charge in [-0.2, -0.15) is 10.2 Å². The van der Waals surface area contributed by atoms with Crippen molar-refractivity contribution in [2.24, 2.45) is 0 Å². The third kappa shape index (κ3) is 11.4. The maximum Gasteiger partial charge on any atom is 0.410 e. The average molecular weight is 907 g/mol. The number of likely N-dealkylation sites (tertiary alicyclic amines) is 1. The quantitative estimate of drug-likeness (QED) is 0.129. The number of imidazole rings is 2. The number of piperidine rings is 2. The highest BCUT2D eigenvalue weighted by molar-refractivity contribution is 5.78. The fourth-order valence-corrected chi connectivity index (χ4v) is 8.20. The average Bonchev–Trinajstić information content (AvgIpc) is 4.15. The van der Waals surface area contributed by atoms with E-state index in [0.29, 0.717) is 25.6 Å². The van der Waals surface area contributed by atoms with Crippen LogP contribution in [0.2, 0.25) is 0 Å². The van der Waals surface area contributed by atoms with Crippen LogP contribution in [0.5, 0.6) is 0 Å². The smallest absolute Gasteiger partial charge is 0.410 e. The van der Waals surface area contributed by atoms with E-state index in [0.717, 1.165) is 118 Å². The number of esters is 1. The molecule has 0 bridgehead atoms. The first-order valence-electron chi connectivity index (χ1n) is 22.8. The van der Waals surface area contributed by atoms with Crippen LogP contribution in [0.3, 0.4) is 0 Å². The second-order valence-corrected chi connectivity index (χ2v) is 17.7. The van der Waals surface area contributed by atoms with Crippen LogP contribution in [0.15, 0.2) is 85.7 Å². The van der Waals surface area contributed by atoms with Crippen LogP contribution in [0.1, 0.15) is 95.2 Å². The van der Waals surface area contributed by atoms with Gasteiger partial charge in [-0.15, -0.1) is 0 Å². The SMILES string of the molecule is CCOC(C)=O.Cc1cccc(-c2[nH]c(C3CCN(C(=O)OC(C)(C)C)CC3)nc2-c2ccc3ncnn3c2)n1.Cc1cccc(-c2[nH]c(C3CCNCC3)nc2-c2ccc3ncnn3c2)n1. The van der Waals surface area contributed by atoms with Gasteiger partial charge in [-0.1, -0.05) is 12.1 Å². The molecular weight excluding hydrogens is 849 g/mol. The van der Waals surface area contributed by atoms with Crippen LogP contribution in [0, 0.1) is 13.8 Å². The molecular formula is C49H58N14O4. The first kappa shape index (κ1) is 46.2. The van der Waals surface area contributed by atoms with Gasteiger partial charge in [0.2, 0.25) is 0 Å². The van der Waals surface area contributed by atoms with E-state index >= 15 is 0 Å². The van der Waals surface area contributed by atoms with Crippen LogP contribution in [0.4, 0.5) is 4.79 Å². The number of nitrogens with zero attached hydrogens (tertiary/aromatic N) is 11. The summed E-state index contributed by atoms with van der Waals surface area (Å²) in [7, 11) is 0. The highest BCUT2D eigenvalue weighted by Crippen LogP contribution is 2.36. The maximum absolute atomic E-state index is 12.5. The van der Waals surface area contributed by atoms with Crippen LogP contribution in [-0.4, -0.2) is 114 Å². The minimum absolute atomic E-state index is 0.211. The molecule has 0 aromatic carbocycles. The molecule has 10 rings (SSSR count). The zero-order chi connectivity index (χ0) is 47.1. The normalized spacial score (nSPS) is 14.6. The second-order valence-electron chi connectivity index (χ2n) is 17.7. The van der Waals surface area contributed by atoms with Gasteiger partial charge in [-0.25, -0.2) is 33.8 Å². The Morgan fingerprint density at radius 2 is 1.18 bits per heavy atom. The minimum Gasteiger partial charge on any atom is -0.466 e. The lowest BCUT2D eigenvalue weighted by atomic mass is 9.96. The molecule has 18 heteroatoms. The molecule has 3 N–H and O–H groups in total. The van der Waals surface area contributed by atoms with Gasteiger partial charge in [0.1, 0.15) is 29.9 Å². The van der Waals surface area contributed by atoms with Crippen molar-refractivity contribution in [1.82, 2.24) is 69.3 Å². The van der Waals surface area contributed by atoms with E-state index in [1.165, 1.54) is 13.3 Å². The monoisotopic (exact) mass is 906 g/mol. The number of aromatic nitrogens is 12. The van der Waals surface area contributed by atoms with E-state index in [-0.39, 0.29) is 18.0 Å². The van der Waals surface area contributed by atoms with E-state index < -0.39 is 5.60 Å². The van der Waals surface area contributed by atoms with Crippen molar-refractivity contribution in [2.45, 2.75) is 91.6 Å². The summed E-state index contributed by atoms with van der Waals surface area (Å²) in [4.78, 5) is 59.2. The Morgan fingerprint density at radius 1 is 0.687 bits per heavy atom. The van der Waals surface area contributed by atoms with Crippen molar-refractivity contribution in [3.05, 3.63) is 109 Å². The van der Waals surface area contributed by atoms with Crippen LogP contribution < -0.4 is 5.32 Å². The summed E-state index contributed by atoms with van der Waals surface area (Å²) < 4.78 is 13.5. The van der Waals surface area contributed by atoms with Gasteiger partial charge in [0, 0.05) is 66.8 Å². The largest absolute Gasteiger partial charge is 0.466 e. The standard InChI is InChI=1S/C25H29N7O2.C20H21N7.C4H8O2/c1-16-6-5-7-19(28-16)22-21(18-8-9-20-26-15-27-32(20)14-18)29-23(30-22)17-10-12-31(13-11-17)24(33)34-25(2,3)4;1-13-3-2-4-16(24-13)19-18(15-5-6-17-22-12-23-27(17)11-15)25-20(26-19)14-7-9-21-10-8-14;1-3-6-4(2)5/h5-9,14-15,17H,10-13H2,1-4H3,(H,29,30);2-6,11-12,14,21H,7-10H2,1H3,(H,25,26);3H2,1-2H3. The van der Waals surface area contributed by atoms with Crippen molar-refractivity contribution in [3.8, 4) is 45.3 Å². The Hall–Kier alpha value is -7.34. The molecule has 8 aromatic rings. The number of carbonyl (C=O) groups excluding carboxylic acids is 2. The summed E-state index contributed by atoms with van der Waals surface area (Å²) in [6, 6.07) is 20.0. The van der Waals surface area contributed by atoms with Gasteiger partial charge in [0.15, 0.2) is 11.3 Å². The Kier molecular flexibility index (Phi) is 14.1. The fourth-order valence-electron chi connectivity index (χ4n) is 8.20. The summed E-state index contributed by atoms with van der Waals surface area (Å²) in [6.45, 7) is 16.6. The lowest BCUT2D eigenvalue weighted by Gasteiger charge is -2.32. The third-order valence-corrected chi connectivity index (χ3v) is 11.4. The number of amides is 1. The third-order valence-electron chi connectivity index (χ3n) is 11.4. The number of hydrogen-bond donors (Lipinski definition) is 3. The van der Waals surface area contributed by atoms with Gasteiger partial charge in [-0.3, -0.25) is 14.8 Å². The number of nitrogens with one attached hydrogen (secondary N) is 3. The zero-order valence-corrected chi connectivity index (χ0v) is 39.2. The van der Waals surface area contributed by atoms with E-state index in [9.17, 15) is 9.59 Å². The van der Waals surface area contributed by atoms with Crippen molar-refractivity contribution < 1.29 is 19.1 Å². The number of fused-ring (bicyclic) bond motifs is 2. The number of H-pyrrole nitrogens is 2. The zero-order valence-electron chi connectivity index (χ0n) is 39.2. The van der Waals surface area contributed by atoms with E-state index in [4.69, 9.17) is 24.7 Å².